The number of aryl methyl sites for hydroxylation is 1. The molecule has 2 unspecified atom stereocenters. The van der Waals surface area contributed by atoms with Crippen LogP contribution in [0.4, 0.5) is 0 Å². The van der Waals surface area contributed by atoms with Gasteiger partial charge in [-0.1, -0.05) is 57.0 Å². The van der Waals surface area contributed by atoms with E-state index in [9.17, 15) is 0 Å². The van der Waals surface area contributed by atoms with E-state index in [1.165, 1.54) is 24.0 Å². The van der Waals surface area contributed by atoms with Crippen molar-refractivity contribution in [3.05, 3.63) is 35.4 Å². The minimum Gasteiger partial charge on any atom is -0.379 e. The highest BCUT2D eigenvalue weighted by Gasteiger charge is 2.11. The third-order valence-corrected chi connectivity index (χ3v) is 3.36. The van der Waals surface area contributed by atoms with E-state index in [0.29, 0.717) is 12.0 Å². The molecule has 0 fully saturated rings. The van der Waals surface area contributed by atoms with E-state index in [2.05, 4.69) is 57.3 Å². The number of nitrogens with one attached hydrogen (secondary N) is 1. The number of rotatable bonds is 9. The zero-order valence-corrected chi connectivity index (χ0v) is 12.9. The first-order chi connectivity index (χ1) is 9.17. The number of hydrogen-bond donors (Lipinski definition) is 1. The van der Waals surface area contributed by atoms with E-state index < -0.39 is 0 Å². The Kier molecular flexibility index (Phi) is 7.76. The maximum atomic E-state index is 5.89. The quantitative estimate of drug-likeness (QED) is 0.724. The van der Waals surface area contributed by atoms with Gasteiger partial charge < -0.3 is 10.1 Å². The molecule has 19 heavy (non-hydrogen) atoms. The van der Waals surface area contributed by atoms with Crippen molar-refractivity contribution in [3.8, 4) is 0 Å². The van der Waals surface area contributed by atoms with Gasteiger partial charge in [0.05, 0.1) is 12.6 Å². The second kappa shape index (κ2) is 9.11. The van der Waals surface area contributed by atoms with E-state index in [4.69, 9.17) is 4.74 Å². The molecular weight excluding hydrogens is 234 g/mol. The van der Waals surface area contributed by atoms with Crippen LogP contribution in [0.2, 0.25) is 0 Å². The van der Waals surface area contributed by atoms with Gasteiger partial charge in [0.25, 0.3) is 0 Å². The third-order valence-electron chi connectivity index (χ3n) is 3.36. The maximum absolute atomic E-state index is 5.89. The van der Waals surface area contributed by atoms with E-state index in [-0.39, 0.29) is 0 Å². The van der Waals surface area contributed by atoms with Gasteiger partial charge in [-0.15, -0.1) is 0 Å². The van der Waals surface area contributed by atoms with Crippen LogP contribution in [0, 0.1) is 12.8 Å². The zero-order valence-electron chi connectivity index (χ0n) is 12.9. The molecule has 0 saturated carbocycles. The lowest BCUT2D eigenvalue weighted by Gasteiger charge is -2.20. The molecular formula is C17H29NO. The summed E-state index contributed by atoms with van der Waals surface area (Å²) >= 11 is 0. The summed E-state index contributed by atoms with van der Waals surface area (Å²) in [5.41, 5.74) is 2.63. The van der Waals surface area contributed by atoms with Crippen LogP contribution < -0.4 is 5.32 Å². The van der Waals surface area contributed by atoms with Gasteiger partial charge >= 0.3 is 0 Å². The van der Waals surface area contributed by atoms with Crippen molar-refractivity contribution >= 4 is 0 Å². The molecule has 0 heterocycles. The van der Waals surface area contributed by atoms with Gasteiger partial charge in [-0.25, -0.2) is 0 Å². The molecule has 1 rings (SSSR count). The first kappa shape index (κ1) is 16.2. The van der Waals surface area contributed by atoms with E-state index in [0.717, 1.165) is 19.8 Å². The molecule has 1 N–H and O–H groups in total. The maximum Gasteiger partial charge on any atom is 0.0661 e. The Hall–Kier alpha value is -0.860. The molecule has 0 radical (unpaired) electrons. The molecule has 0 aliphatic heterocycles. The summed E-state index contributed by atoms with van der Waals surface area (Å²) in [5.74, 6) is 0.657. The van der Waals surface area contributed by atoms with Gasteiger partial charge in [0.2, 0.25) is 0 Å². The summed E-state index contributed by atoms with van der Waals surface area (Å²) in [6.07, 6.45) is 2.48. The average Bonchev–Trinajstić information content (AvgIpc) is 2.38. The SMILES string of the molecule is CCCC(C)COCC(NCC)c1cccc(C)c1. The summed E-state index contributed by atoms with van der Waals surface area (Å²) in [6.45, 7) is 11.3. The Bertz CT molecular complexity index is 351. The van der Waals surface area contributed by atoms with Crippen molar-refractivity contribution in [2.24, 2.45) is 5.92 Å². The Morgan fingerprint density at radius 2 is 2.00 bits per heavy atom. The molecule has 0 aliphatic rings. The smallest absolute Gasteiger partial charge is 0.0661 e. The van der Waals surface area contributed by atoms with Gasteiger partial charge in [-0.05, 0) is 31.4 Å². The van der Waals surface area contributed by atoms with Crippen LogP contribution in [0.1, 0.15) is 50.8 Å². The van der Waals surface area contributed by atoms with Crippen LogP contribution in [-0.2, 0) is 4.74 Å². The highest BCUT2D eigenvalue weighted by atomic mass is 16.5. The van der Waals surface area contributed by atoms with Crippen molar-refractivity contribution < 1.29 is 4.74 Å². The molecule has 2 heteroatoms. The van der Waals surface area contributed by atoms with Crippen molar-refractivity contribution in [1.82, 2.24) is 5.32 Å². The summed E-state index contributed by atoms with van der Waals surface area (Å²) in [4.78, 5) is 0. The topological polar surface area (TPSA) is 21.3 Å². The van der Waals surface area contributed by atoms with Crippen molar-refractivity contribution in [2.45, 2.75) is 46.6 Å². The van der Waals surface area contributed by atoms with Gasteiger partial charge in [0.15, 0.2) is 0 Å². The van der Waals surface area contributed by atoms with Crippen LogP contribution in [0.3, 0.4) is 0 Å². The fourth-order valence-electron chi connectivity index (χ4n) is 2.37. The van der Waals surface area contributed by atoms with Crippen LogP contribution in [0.15, 0.2) is 24.3 Å². The monoisotopic (exact) mass is 263 g/mol. The second-order valence-corrected chi connectivity index (χ2v) is 5.46. The minimum absolute atomic E-state index is 0.304. The molecule has 0 aliphatic carbocycles. The van der Waals surface area contributed by atoms with Crippen LogP contribution >= 0.6 is 0 Å². The fourth-order valence-corrected chi connectivity index (χ4v) is 2.37. The van der Waals surface area contributed by atoms with Crippen molar-refractivity contribution in [2.75, 3.05) is 19.8 Å². The number of ether oxygens (including phenoxy) is 1. The van der Waals surface area contributed by atoms with Crippen LogP contribution in [-0.4, -0.2) is 19.8 Å². The normalized spacial score (nSPS) is 14.3. The van der Waals surface area contributed by atoms with Crippen LogP contribution in [0.5, 0.6) is 0 Å². The predicted molar refractivity (Wildman–Crippen MR) is 82.5 cm³/mol. The Morgan fingerprint density at radius 3 is 2.63 bits per heavy atom. The fraction of sp³-hybridized carbons (Fsp3) is 0.647. The van der Waals surface area contributed by atoms with Gasteiger partial charge in [0, 0.05) is 6.61 Å². The molecule has 2 nitrogen and oxygen atoms in total. The summed E-state index contributed by atoms with van der Waals surface area (Å²) in [6, 6.07) is 8.98. The predicted octanol–water partition coefficient (Wildman–Crippen LogP) is 4.10. The molecule has 108 valence electrons. The zero-order chi connectivity index (χ0) is 14.1. The highest BCUT2D eigenvalue weighted by Crippen LogP contribution is 2.16. The number of hydrogen-bond acceptors (Lipinski definition) is 2. The molecule has 0 spiro atoms. The standard InChI is InChI=1S/C17H29NO/c1-5-8-15(4)12-19-13-17(18-6-2)16-10-7-9-14(3)11-16/h7,9-11,15,17-18H,5-6,8,12-13H2,1-4H3. The minimum atomic E-state index is 0.304. The van der Waals surface area contributed by atoms with E-state index >= 15 is 0 Å². The first-order valence-electron chi connectivity index (χ1n) is 7.55. The average molecular weight is 263 g/mol. The van der Waals surface area contributed by atoms with Gasteiger partial charge in [-0.2, -0.15) is 0 Å². The van der Waals surface area contributed by atoms with Crippen LogP contribution in [0.25, 0.3) is 0 Å². The lowest BCUT2D eigenvalue weighted by molar-refractivity contribution is 0.0836. The summed E-state index contributed by atoms with van der Waals surface area (Å²) in [5, 5.41) is 3.51. The lowest BCUT2D eigenvalue weighted by Crippen LogP contribution is -2.26. The summed E-state index contributed by atoms with van der Waals surface area (Å²) < 4.78 is 5.89. The number of benzene rings is 1. The lowest BCUT2D eigenvalue weighted by atomic mass is 10.0. The highest BCUT2D eigenvalue weighted by molar-refractivity contribution is 5.25. The third kappa shape index (κ3) is 6.22. The van der Waals surface area contributed by atoms with Gasteiger partial charge in [-0.3, -0.25) is 0 Å². The first-order valence-corrected chi connectivity index (χ1v) is 7.55. The Balaban J connectivity index is 2.49. The Labute approximate surface area is 118 Å². The summed E-state index contributed by atoms with van der Waals surface area (Å²) in [7, 11) is 0. The van der Waals surface area contributed by atoms with Gasteiger partial charge in [0.1, 0.15) is 0 Å². The van der Waals surface area contributed by atoms with E-state index in [1.807, 2.05) is 0 Å². The molecule has 2 atom stereocenters. The molecule has 0 saturated heterocycles. The molecule has 0 bridgehead atoms. The van der Waals surface area contributed by atoms with Crippen molar-refractivity contribution in [1.29, 1.82) is 0 Å². The van der Waals surface area contributed by atoms with Crippen molar-refractivity contribution in [3.63, 3.8) is 0 Å². The Morgan fingerprint density at radius 1 is 1.21 bits per heavy atom. The molecule has 0 aromatic heterocycles. The largest absolute Gasteiger partial charge is 0.379 e. The molecule has 1 aromatic carbocycles. The molecule has 0 amide bonds. The van der Waals surface area contributed by atoms with E-state index in [1.54, 1.807) is 0 Å². The second-order valence-electron chi connectivity index (χ2n) is 5.46. The number of likely N-dealkylation sites (N-methyl/N-ethyl adjacent to an activating group) is 1. The molecule has 1 aromatic rings.